The smallest absolute Gasteiger partial charge is 0.0352 e. The van der Waals surface area contributed by atoms with Crippen molar-refractivity contribution in [2.75, 3.05) is 7.05 Å². The molecule has 0 fully saturated rings. The van der Waals surface area contributed by atoms with E-state index in [0.717, 1.165) is 6.54 Å². The predicted octanol–water partition coefficient (Wildman–Crippen LogP) is 3.93. The Morgan fingerprint density at radius 2 is 1.85 bits per heavy atom. The predicted molar refractivity (Wildman–Crippen MR) is 84.7 cm³/mol. The first-order chi connectivity index (χ1) is 9.79. The van der Waals surface area contributed by atoms with Crippen LogP contribution in [0.25, 0.3) is 21.9 Å². The largest absolute Gasteiger partial charge is 0.316 e. The van der Waals surface area contributed by atoms with Gasteiger partial charge in [-0.05, 0) is 30.5 Å². The number of hydrogen-bond donors (Lipinski definition) is 1. The van der Waals surface area contributed by atoms with E-state index < -0.39 is 0 Å². The highest BCUT2D eigenvalue weighted by Gasteiger charge is 2.09. The minimum Gasteiger partial charge on any atom is -0.316 e. The molecule has 1 N–H and O–H groups in total. The van der Waals surface area contributed by atoms with Crippen LogP contribution < -0.4 is 5.32 Å². The van der Waals surface area contributed by atoms with Crippen LogP contribution in [0.3, 0.4) is 0 Å². The van der Waals surface area contributed by atoms with Crippen LogP contribution in [0.2, 0.25) is 0 Å². The Hall–Kier alpha value is -2.19. The van der Waals surface area contributed by atoms with Crippen molar-refractivity contribution >= 4 is 10.8 Å². The standard InChI is InChI=1S/C18H18N2/c1-13-7-8-15(10-19-2)17(9-13)18-12-20-11-14-5-3-4-6-16(14)18/h3-9,11-12,19H,10H2,1-2H3. The molecule has 1 heterocycles. The van der Waals surface area contributed by atoms with Gasteiger partial charge in [-0.1, -0.05) is 48.0 Å². The summed E-state index contributed by atoms with van der Waals surface area (Å²) in [5.74, 6) is 0. The Morgan fingerprint density at radius 1 is 1.00 bits per heavy atom. The molecule has 0 spiro atoms. The molecule has 3 rings (SSSR count). The van der Waals surface area contributed by atoms with Crippen LogP contribution in [0, 0.1) is 6.92 Å². The summed E-state index contributed by atoms with van der Waals surface area (Å²) in [6.45, 7) is 2.99. The third-order valence-electron chi connectivity index (χ3n) is 3.59. The van der Waals surface area contributed by atoms with Gasteiger partial charge in [-0.2, -0.15) is 0 Å². The third-order valence-corrected chi connectivity index (χ3v) is 3.59. The number of hydrogen-bond acceptors (Lipinski definition) is 2. The summed E-state index contributed by atoms with van der Waals surface area (Å²) in [5, 5.41) is 5.68. The number of fused-ring (bicyclic) bond motifs is 1. The molecule has 1 aromatic heterocycles. The molecule has 3 aromatic rings. The van der Waals surface area contributed by atoms with Crippen LogP contribution >= 0.6 is 0 Å². The first-order valence-electron chi connectivity index (χ1n) is 6.87. The van der Waals surface area contributed by atoms with Gasteiger partial charge in [0.1, 0.15) is 0 Å². The summed E-state index contributed by atoms with van der Waals surface area (Å²) in [4.78, 5) is 4.40. The van der Waals surface area contributed by atoms with Gasteiger partial charge in [0, 0.05) is 29.9 Å². The lowest BCUT2D eigenvalue weighted by Gasteiger charge is -2.12. The average Bonchev–Trinajstić information content (AvgIpc) is 2.49. The quantitative estimate of drug-likeness (QED) is 0.773. The normalized spacial score (nSPS) is 10.9. The van der Waals surface area contributed by atoms with E-state index in [9.17, 15) is 0 Å². The van der Waals surface area contributed by atoms with Gasteiger partial charge >= 0.3 is 0 Å². The zero-order valence-electron chi connectivity index (χ0n) is 11.9. The van der Waals surface area contributed by atoms with Crippen LogP contribution in [-0.4, -0.2) is 12.0 Å². The van der Waals surface area contributed by atoms with Gasteiger partial charge in [0.25, 0.3) is 0 Å². The minimum atomic E-state index is 0.860. The Balaban J connectivity index is 2.27. The molecule has 0 amide bonds. The molecule has 20 heavy (non-hydrogen) atoms. The maximum absolute atomic E-state index is 4.40. The number of rotatable bonds is 3. The van der Waals surface area contributed by atoms with Crippen LogP contribution in [0.4, 0.5) is 0 Å². The molecule has 0 saturated heterocycles. The van der Waals surface area contributed by atoms with Crippen molar-refractivity contribution in [3.05, 3.63) is 66.0 Å². The highest BCUT2D eigenvalue weighted by molar-refractivity contribution is 5.96. The Kier molecular flexibility index (Phi) is 3.48. The third kappa shape index (κ3) is 2.30. The number of nitrogens with zero attached hydrogens (tertiary/aromatic N) is 1. The van der Waals surface area contributed by atoms with Gasteiger partial charge in [0.05, 0.1) is 0 Å². The molecule has 0 aliphatic carbocycles. The molecule has 0 unspecified atom stereocenters. The number of pyridine rings is 1. The van der Waals surface area contributed by atoms with E-state index in [2.05, 4.69) is 59.7 Å². The molecule has 2 heteroatoms. The summed E-state index contributed by atoms with van der Waals surface area (Å²) in [6.07, 6.45) is 3.89. The zero-order valence-corrected chi connectivity index (χ0v) is 11.9. The second-order valence-corrected chi connectivity index (χ2v) is 5.10. The van der Waals surface area contributed by atoms with Crippen molar-refractivity contribution in [3.63, 3.8) is 0 Å². The lowest BCUT2D eigenvalue weighted by atomic mass is 9.95. The van der Waals surface area contributed by atoms with Crippen LogP contribution in [0.15, 0.2) is 54.9 Å². The van der Waals surface area contributed by atoms with E-state index in [-0.39, 0.29) is 0 Å². The topological polar surface area (TPSA) is 24.9 Å². The number of nitrogens with one attached hydrogen (secondary N) is 1. The van der Waals surface area contributed by atoms with Crippen molar-refractivity contribution < 1.29 is 0 Å². The highest BCUT2D eigenvalue weighted by atomic mass is 14.8. The summed E-state index contributed by atoms with van der Waals surface area (Å²) < 4.78 is 0. The first kappa shape index (κ1) is 12.8. The molecule has 0 saturated carbocycles. The molecule has 0 bridgehead atoms. The summed E-state index contributed by atoms with van der Waals surface area (Å²) in [7, 11) is 1.98. The second kappa shape index (κ2) is 5.43. The van der Waals surface area contributed by atoms with Gasteiger partial charge in [0.15, 0.2) is 0 Å². The highest BCUT2D eigenvalue weighted by Crippen LogP contribution is 2.30. The fourth-order valence-electron chi connectivity index (χ4n) is 2.62. The van der Waals surface area contributed by atoms with E-state index in [1.54, 1.807) is 0 Å². The van der Waals surface area contributed by atoms with Gasteiger partial charge in [-0.25, -0.2) is 0 Å². The van der Waals surface area contributed by atoms with Crippen molar-refractivity contribution in [2.24, 2.45) is 0 Å². The summed E-state index contributed by atoms with van der Waals surface area (Å²) in [5.41, 5.74) is 5.05. The van der Waals surface area contributed by atoms with Crippen LogP contribution in [0.1, 0.15) is 11.1 Å². The maximum Gasteiger partial charge on any atom is 0.0352 e. The Labute approximate surface area is 119 Å². The van der Waals surface area contributed by atoms with E-state index in [0.29, 0.717) is 0 Å². The van der Waals surface area contributed by atoms with Crippen molar-refractivity contribution in [1.29, 1.82) is 0 Å². The lowest BCUT2D eigenvalue weighted by molar-refractivity contribution is 0.819. The SMILES string of the molecule is CNCc1ccc(C)cc1-c1cncc2ccccc12. The first-order valence-corrected chi connectivity index (χ1v) is 6.87. The molecule has 100 valence electrons. The Morgan fingerprint density at radius 3 is 2.70 bits per heavy atom. The van der Waals surface area contributed by atoms with Crippen LogP contribution in [0.5, 0.6) is 0 Å². The number of aromatic nitrogens is 1. The molecular formula is C18H18N2. The van der Waals surface area contributed by atoms with Crippen molar-refractivity contribution in [1.82, 2.24) is 10.3 Å². The zero-order chi connectivity index (χ0) is 13.9. The second-order valence-electron chi connectivity index (χ2n) is 5.10. The monoisotopic (exact) mass is 262 g/mol. The number of benzene rings is 2. The molecular weight excluding hydrogens is 244 g/mol. The fourth-order valence-corrected chi connectivity index (χ4v) is 2.62. The lowest BCUT2D eigenvalue weighted by Crippen LogP contribution is -2.06. The molecule has 0 atom stereocenters. The fraction of sp³-hybridized carbons (Fsp3) is 0.167. The van der Waals surface area contributed by atoms with Crippen molar-refractivity contribution in [2.45, 2.75) is 13.5 Å². The molecule has 0 radical (unpaired) electrons. The van der Waals surface area contributed by atoms with Gasteiger partial charge in [0.2, 0.25) is 0 Å². The van der Waals surface area contributed by atoms with Gasteiger partial charge in [-0.15, -0.1) is 0 Å². The summed E-state index contributed by atoms with van der Waals surface area (Å²) >= 11 is 0. The average molecular weight is 262 g/mol. The van der Waals surface area contributed by atoms with E-state index in [1.165, 1.54) is 33.0 Å². The molecule has 0 aliphatic rings. The maximum atomic E-state index is 4.40. The van der Waals surface area contributed by atoms with E-state index in [4.69, 9.17) is 0 Å². The van der Waals surface area contributed by atoms with Gasteiger partial charge in [-0.3, -0.25) is 4.98 Å². The Bertz CT molecular complexity index is 742. The van der Waals surface area contributed by atoms with E-state index in [1.807, 2.05) is 19.4 Å². The van der Waals surface area contributed by atoms with Crippen LogP contribution in [-0.2, 0) is 6.54 Å². The summed E-state index contributed by atoms with van der Waals surface area (Å²) in [6, 6.07) is 15.0. The minimum absolute atomic E-state index is 0.860. The molecule has 2 aromatic carbocycles. The van der Waals surface area contributed by atoms with Gasteiger partial charge < -0.3 is 5.32 Å². The van der Waals surface area contributed by atoms with Crippen molar-refractivity contribution in [3.8, 4) is 11.1 Å². The molecule has 2 nitrogen and oxygen atoms in total. The molecule has 0 aliphatic heterocycles. The number of aryl methyl sites for hydroxylation is 1. The van der Waals surface area contributed by atoms with E-state index >= 15 is 0 Å².